The lowest BCUT2D eigenvalue weighted by Crippen LogP contribution is -1.99. The van der Waals surface area contributed by atoms with Crippen LogP contribution in [0, 0.1) is 11.6 Å². The predicted octanol–water partition coefficient (Wildman–Crippen LogP) is 3.41. The van der Waals surface area contributed by atoms with Gasteiger partial charge in [-0.3, -0.25) is 0 Å². The monoisotopic (exact) mass is 240 g/mol. The number of carbonyl (C=O) groups is 1. The van der Waals surface area contributed by atoms with Gasteiger partial charge in [0, 0.05) is 6.08 Å². The molecule has 17 heavy (non-hydrogen) atoms. The topological polar surface area (TPSA) is 37.3 Å². The third kappa shape index (κ3) is 3.66. The van der Waals surface area contributed by atoms with E-state index in [0.717, 1.165) is 25.0 Å². The van der Waals surface area contributed by atoms with E-state index in [0.29, 0.717) is 12.0 Å². The molecule has 0 spiro atoms. The third-order valence-electron chi connectivity index (χ3n) is 2.42. The van der Waals surface area contributed by atoms with Gasteiger partial charge < -0.3 is 5.11 Å². The Morgan fingerprint density at radius 2 is 2.12 bits per heavy atom. The summed E-state index contributed by atoms with van der Waals surface area (Å²) in [4.78, 5) is 10.4. The number of rotatable bonds is 5. The molecule has 92 valence electrons. The molecular weight excluding hydrogens is 226 g/mol. The van der Waals surface area contributed by atoms with Crippen LogP contribution >= 0.6 is 0 Å². The number of unbranched alkanes of at least 4 members (excludes halogenated alkanes) is 1. The van der Waals surface area contributed by atoms with Gasteiger partial charge in [-0.25, -0.2) is 13.6 Å². The van der Waals surface area contributed by atoms with E-state index in [9.17, 15) is 13.6 Å². The first-order valence-electron chi connectivity index (χ1n) is 5.44. The van der Waals surface area contributed by atoms with E-state index in [1.807, 2.05) is 6.92 Å². The highest BCUT2D eigenvalue weighted by Gasteiger charge is 2.11. The zero-order valence-electron chi connectivity index (χ0n) is 9.54. The molecule has 0 amide bonds. The molecule has 0 bridgehead atoms. The van der Waals surface area contributed by atoms with Gasteiger partial charge in [-0.05, 0) is 36.1 Å². The van der Waals surface area contributed by atoms with Crippen molar-refractivity contribution in [1.82, 2.24) is 0 Å². The molecule has 0 saturated carbocycles. The predicted molar refractivity (Wildman–Crippen MR) is 61.6 cm³/mol. The third-order valence-corrected chi connectivity index (χ3v) is 2.42. The maximum absolute atomic E-state index is 13.6. The van der Waals surface area contributed by atoms with Gasteiger partial charge in [-0.1, -0.05) is 19.4 Å². The zero-order valence-corrected chi connectivity index (χ0v) is 9.54. The second-order valence-corrected chi connectivity index (χ2v) is 3.70. The molecule has 0 aliphatic carbocycles. The van der Waals surface area contributed by atoms with Crippen LogP contribution < -0.4 is 0 Å². The summed E-state index contributed by atoms with van der Waals surface area (Å²) < 4.78 is 26.6. The van der Waals surface area contributed by atoms with E-state index in [-0.39, 0.29) is 5.56 Å². The minimum absolute atomic E-state index is 0.240. The molecule has 0 atom stereocenters. The maximum atomic E-state index is 13.6. The number of carboxylic acid groups (broad SMARTS) is 1. The van der Waals surface area contributed by atoms with Crippen molar-refractivity contribution < 1.29 is 18.7 Å². The Morgan fingerprint density at radius 1 is 1.41 bits per heavy atom. The zero-order chi connectivity index (χ0) is 12.8. The standard InChI is InChI=1S/C13H14F2O2/c1-2-3-4-10-9(6-8-12(16)17)5-7-11(14)13(10)15/h5-8H,2-4H2,1H3,(H,16,17)/b8-6+. The average molecular weight is 240 g/mol. The molecule has 1 N–H and O–H groups in total. The quantitative estimate of drug-likeness (QED) is 0.801. The smallest absolute Gasteiger partial charge is 0.328 e. The molecule has 1 aromatic rings. The molecule has 1 aromatic carbocycles. The lowest BCUT2D eigenvalue weighted by atomic mass is 10.0. The summed E-state index contributed by atoms with van der Waals surface area (Å²) in [5.74, 6) is -2.90. The fourth-order valence-electron chi connectivity index (χ4n) is 1.53. The van der Waals surface area contributed by atoms with Crippen molar-refractivity contribution in [2.75, 3.05) is 0 Å². The van der Waals surface area contributed by atoms with Crippen molar-refractivity contribution in [1.29, 1.82) is 0 Å². The molecule has 0 aliphatic heterocycles. The van der Waals surface area contributed by atoms with Crippen molar-refractivity contribution in [3.63, 3.8) is 0 Å². The number of halogens is 2. The Bertz CT molecular complexity index is 439. The molecule has 2 nitrogen and oxygen atoms in total. The Kier molecular flexibility index (Phi) is 4.82. The highest BCUT2D eigenvalue weighted by molar-refractivity contribution is 5.85. The fourth-order valence-corrected chi connectivity index (χ4v) is 1.53. The van der Waals surface area contributed by atoms with Crippen molar-refractivity contribution in [2.24, 2.45) is 0 Å². The summed E-state index contributed by atoms with van der Waals surface area (Å²) >= 11 is 0. The largest absolute Gasteiger partial charge is 0.478 e. The van der Waals surface area contributed by atoms with Crippen LogP contribution in [0.1, 0.15) is 30.9 Å². The summed E-state index contributed by atoms with van der Waals surface area (Å²) in [5, 5.41) is 8.51. The molecule has 0 fully saturated rings. The van der Waals surface area contributed by atoms with E-state index < -0.39 is 17.6 Å². The highest BCUT2D eigenvalue weighted by atomic mass is 19.2. The van der Waals surface area contributed by atoms with Crippen LogP contribution in [0.3, 0.4) is 0 Å². The first-order chi connectivity index (χ1) is 8.06. The molecule has 4 heteroatoms. The van der Waals surface area contributed by atoms with Gasteiger partial charge in [0.2, 0.25) is 0 Å². The maximum Gasteiger partial charge on any atom is 0.328 e. The summed E-state index contributed by atoms with van der Waals surface area (Å²) in [7, 11) is 0. The lowest BCUT2D eigenvalue weighted by molar-refractivity contribution is -0.131. The van der Waals surface area contributed by atoms with E-state index >= 15 is 0 Å². The Morgan fingerprint density at radius 3 is 2.71 bits per heavy atom. The van der Waals surface area contributed by atoms with E-state index in [1.165, 1.54) is 12.1 Å². The van der Waals surface area contributed by atoms with Gasteiger partial charge >= 0.3 is 5.97 Å². The summed E-state index contributed by atoms with van der Waals surface area (Å²) in [5.41, 5.74) is 0.657. The van der Waals surface area contributed by atoms with E-state index in [1.54, 1.807) is 0 Å². The molecule has 1 rings (SSSR count). The summed E-state index contributed by atoms with van der Waals surface area (Å²) in [6.45, 7) is 1.95. The van der Waals surface area contributed by atoms with Gasteiger partial charge in [0.1, 0.15) is 0 Å². The van der Waals surface area contributed by atoms with E-state index in [4.69, 9.17) is 5.11 Å². The van der Waals surface area contributed by atoms with Crippen LogP contribution in [0.25, 0.3) is 6.08 Å². The second kappa shape index (κ2) is 6.13. The minimum Gasteiger partial charge on any atom is -0.478 e. The first kappa shape index (κ1) is 13.4. The number of benzene rings is 1. The van der Waals surface area contributed by atoms with Crippen LogP contribution in [0.4, 0.5) is 8.78 Å². The van der Waals surface area contributed by atoms with Crippen LogP contribution in [0.2, 0.25) is 0 Å². The lowest BCUT2D eigenvalue weighted by Gasteiger charge is -2.07. The molecule has 0 unspecified atom stereocenters. The van der Waals surface area contributed by atoms with Gasteiger partial charge in [0.15, 0.2) is 11.6 Å². The van der Waals surface area contributed by atoms with Gasteiger partial charge in [0.05, 0.1) is 0 Å². The number of hydrogen-bond donors (Lipinski definition) is 1. The summed E-state index contributed by atoms with van der Waals surface area (Å²) in [6, 6.07) is 2.40. The first-order valence-corrected chi connectivity index (χ1v) is 5.44. The van der Waals surface area contributed by atoms with Crippen LogP contribution in [-0.4, -0.2) is 11.1 Å². The van der Waals surface area contributed by atoms with Crippen LogP contribution in [0.5, 0.6) is 0 Å². The van der Waals surface area contributed by atoms with Crippen molar-refractivity contribution in [2.45, 2.75) is 26.2 Å². The molecule has 0 aliphatic rings. The van der Waals surface area contributed by atoms with Crippen molar-refractivity contribution in [3.05, 3.63) is 41.0 Å². The summed E-state index contributed by atoms with van der Waals surface area (Å²) in [6.07, 6.45) is 4.20. The number of aliphatic carboxylic acids is 1. The molecule has 0 heterocycles. The van der Waals surface area contributed by atoms with E-state index in [2.05, 4.69) is 0 Å². The van der Waals surface area contributed by atoms with Crippen LogP contribution in [0.15, 0.2) is 18.2 Å². The second-order valence-electron chi connectivity index (χ2n) is 3.70. The number of hydrogen-bond acceptors (Lipinski definition) is 1. The van der Waals surface area contributed by atoms with Gasteiger partial charge in [0.25, 0.3) is 0 Å². The Hall–Kier alpha value is -1.71. The highest BCUT2D eigenvalue weighted by Crippen LogP contribution is 2.20. The number of carboxylic acids is 1. The van der Waals surface area contributed by atoms with Gasteiger partial charge in [-0.15, -0.1) is 0 Å². The molecule has 0 saturated heterocycles. The normalized spacial score (nSPS) is 11.0. The molecule has 0 aromatic heterocycles. The average Bonchev–Trinajstić information content (AvgIpc) is 2.29. The fraction of sp³-hybridized carbons (Fsp3) is 0.308. The Balaban J connectivity index is 3.10. The Labute approximate surface area is 98.6 Å². The van der Waals surface area contributed by atoms with Crippen LogP contribution in [-0.2, 0) is 11.2 Å². The SMILES string of the molecule is CCCCc1c(/C=C/C(=O)O)ccc(F)c1F. The van der Waals surface area contributed by atoms with Crippen molar-refractivity contribution in [3.8, 4) is 0 Å². The van der Waals surface area contributed by atoms with Gasteiger partial charge in [-0.2, -0.15) is 0 Å². The molecular formula is C13H14F2O2. The minimum atomic E-state index is -1.11. The molecule has 0 radical (unpaired) electrons. The van der Waals surface area contributed by atoms with Crippen molar-refractivity contribution >= 4 is 12.0 Å².